The van der Waals surface area contributed by atoms with E-state index >= 15 is 0 Å². The van der Waals surface area contributed by atoms with Gasteiger partial charge < -0.3 is 4.74 Å². The lowest BCUT2D eigenvalue weighted by molar-refractivity contribution is 0.149. The summed E-state index contributed by atoms with van der Waals surface area (Å²) in [7, 11) is 0. The Morgan fingerprint density at radius 1 is 0.815 bits per heavy atom. The summed E-state index contributed by atoms with van der Waals surface area (Å²) in [6.07, 6.45) is 18.0. The topological polar surface area (TPSA) is 9.23 Å². The quantitative estimate of drug-likeness (QED) is 0.326. The highest BCUT2D eigenvalue weighted by Crippen LogP contribution is 2.44. The van der Waals surface area contributed by atoms with Crippen molar-refractivity contribution in [2.75, 3.05) is 6.61 Å². The summed E-state index contributed by atoms with van der Waals surface area (Å²) in [5.74, 6) is 3.75. The predicted octanol–water partition coefficient (Wildman–Crippen LogP) is 7.44. The van der Waals surface area contributed by atoms with Crippen LogP contribution < -0.4 is 0 Å². The van der Waals surface area contributed by atoms with Crippen molar-refractivity contribution < 1.29 is 4.74 Å². The highest BCUT2D eigenvalue weighted by molar-refractivity contribution is 5.25. The maximum Gasteiger partial charge on any atom is 0.0721 e. The Bertz CT molecular complexity index is 556. The van der Waals surface area contributed by atoms with Gasteiger partial charge in [0.25, 0.3) is 0 Å². The van der Waals surface area contributed by atoms with E-state index in [1.165, 1.54) is 75.3 Å². The van der Waals surface area contributed by atoms with Gasteiger partial charge >= 0.3 is 0 Å². The molecule has 0 aromatic heterocycles. The Morgan fingerprint density at radius 3 is 2.04 bits per heavy atom. The Labute approximate surface area is 166 Å². The average Bonchev–Trinajstić information content (AvgIpc) is 2.73. The summed E-state index contributed by atoms with van der Waals surface area (Å²) in [6, 6.07) is 9.16. The summed E-state index contributed by atoms with van der Waals surface area (Å²) >= 11 is 0. The van der Waals surface area contributed by atoms with Crippen LogP contribution in [0.4, 0.5) is 0 Å². The summed E-state index contributed by atoms with van der Waals surface area (Å²) < 4.78 is 5.54. The minimum atomic E-state index is 0.627. The fourth-order valence-corrected chi connectivity index (χ4v) is 5.37. The molecule has 0 N–H and O–H groups in total. The van der Waals surface area contributed by atoms with Crippen LogP contribution in [0.5, 0.6) is 0 Å². The zero-order chi connectivity index (χ0) is 18.9. The van der Waals surface area contributed by atoms with E-state index in [0.717, 1.165) is 23.7 Å². The molecule has 148 valence electrons. The molecule has 0 aliphatic heterocycles. The van der Waals surface area contributed by atoms with Crippen molar-refractivity contribution in [3.05, 3.63) is 60.7 Å². The van der Waals surface area contributed by atoms with Crippen LogP contribution in [0.1, 0.15) is 81.3 Å². The maximum atomic E-state index is 5.54. The number of rotatable bonds is 9. The summed E-state index contributed by atoms with van der Waals surface area (Å²) in [5.41, 5.74) is 2.80. The number of ether oxygens (including phenoxy) is 1. The molecule has 27 heavy (non-hydrogen) atoms. The van der Waals surface area contributed by atoms with Crippen molar-refractivity contribution in [2.45, 2.75) is 76.7 Å². The van der Waals surface area contributed by atoms with Crippen molar-refractivity contribution in [3.63, 3.8) is 0 Å². The van der Waals surface area contributed by atoms with Gasteiger partial charge in [0.2, 0.25) is 0 Å². The first-order valence-electron chi connectivity index (χ1n) is 11.2. The van der Waals surface area contributed by atoms with Crippen LogP contribution in [-0.4, -0.2) is 6.61 Å². The van der Waals surface area contributed by atoms with E-state index in [0.29, 0.717) is 13.2 Å². The van der Waals surface area contributed by atoms with Crippen LogP contribution >= 0.6 is 0 Å². The first-order chi connectivity index (χ1) is 13.3. The highest BCUT2D eigenvalue weighted by atomic mass is 16.5. The molecule has 0 bridgehead atoms. The fraction of sp³-hybridized carbons (Fsp3) is 0.615. The first kappa shape index (κ1) is 20.4. The number of hydrogen-bond donors (Lipinski definition) is 0. The van der Waals surface area contributed by atoms with Crippen molar-refractivity contribution in [3.8, 4) is 0 Å². The van der Waals surface area contributed by atoms with Gasteiger partial charge in [-0.1, -0.05) is 49.3 Å². The molecule has 0 saturated heterocycles. The van der Waals surface area contributed by atoms with Crippen molar-refractivity contribution >= 4 is 0 Å². The molecule has 0 amide bonds. The Hall–Kier alpha value is -1.34. The molecule has 2 aliphatic rings. The van der Waals surface area contributed by atoms with Crippen LogP contribution in [0.25, 0.3) is 0 Å². The second-order valence-corrected chi connectivity index (χ2v) is 8.80. The molecule has 1 aromatic carbocycles. The minimum Gasteiger partial charge on any atom is -0.373 e. The Morgan fingerprint density at radius 2 is 1.44 bits per heavy atom. The largest absolute Gasteiger partial charge is 0.373 e. The smallest absolute Gasteiger partial charge is 0.0721 e. The van der Waals surface area contributed by atoms with Crippen LogP contribution in [-0.2, 0) is 11.3 Å². The SMILES string of the molecule is C=CCC[C@H]1CC[C@H](C2CCC(c3ccc(COCC=C)cc3)CC2)CC1. The summed E-state index contributed by atoms with van der Waals surface area (Å²) in [6.45, 7) is 8.89. The second kappa shape index (κ2) is 10.9. The van der Waals surface area contributed by atoms with Gasteiger partial charge in [-0.15, -0.1) is 13.2 Å². The van der Waals surface area contributed by atoms with Crippen LogP contribution in [0.2, 0.25) is 0 Å². The number of benzene rings is 1. The summed E-state index contributed by atoms with van der Waals surface area (Å²) in [5, 5.41) is 0. The maximum absolute atomic E-state index is 5.54. The summed E-state index contributed by atoms with van der Waals surface area (Å²) in [4.78, 5) is 0. The van der Waals surface area contributed by atoms with Crippen molar-refractivity contribution in [1.82, 2.24) is 0 Å². The molecular weight excluding hydrogens is 328 g/mol. The zero-order valence-corrected chi connectivity index (χ0v) is 17.1. The molecule has 2 saturated carbocycles. The molecular formula is C26H38O. The second-order valence-electron chi connectivity index (χ2n) is 8.80. The Kier molecular flexibility index (Phi) is 8.20. The van der Waals surface area contributed by atoms with Crippen molar-refractivity contribution in [2.24, 2.45) is 17.8 Å². The van der Waals surface area contributed by atoms with Gasteiger partial charge in [-0.25, -0.2) is 0 Å². The van der Waals surface area contributed by atoms with Crippen LogP contribution in [0.15, 0.2) is 49.6 Å². The van der Waals surface area contributed by atoms with E-state index in [2.05, 4.69) is 43.5 Å². The van der Waals surface area contributed by atoms with E-state index in [4.69, 9.17) is 4.74 Å². The lowest BCUT2D eigenvalue weighted by Gasteiger charge is -2.38. The van der Waals surface area contributed by atoms with Gasteiger partial charge in [-0.05, 0) is 86.2 Å². The van der Waals surface area contributed by atoms with Gasteiger partial charge in [0.1, 0.15) is 0 Å². The highest BCUT2D eigenvalue weighted by Gasteiger charge is 2.31. The molecule has 3 rings (SSSR count). The van der Waals surface area contributed by atoms with E-state index < -0.39 is 0 Å². The van der Waals surface area contributed by atoms with Crippen LogP contribution in [0, 0.1) is 17.8 Å². The molecule has 0 unspecified atom stereocenters. The fourth-order valence-electron chi connectivity index (χ4n) is 5.37. The molecule has 1 heteroatoms. The normalized spacial score (nSPS) is 28.6. The molecule has 0 radical (unpaired) electrons. The molecule has 1 aromatic rings. The van der Waals surface area contributed by atoms with E-state index in [1.807, 2.05) is 0 Å². The van der Waals surface area contributed by atoms with Crippen LogP contribution in [0.3, 0.4) is 0 Å². The van der Waals surface area contributed by atoms with Gasteiger partial charge in [-0.3, -0.25) is 0 Å². The lowest BCUT2D eigenvalue weighted by Crippen LogP contribution is -2.25. The third-order valence-electron chi connectivity index (χ3n) is 7.06. The standard InChI is InChI=1S/C26H38O/c1-3-5-6-21-7-11-23(12-8-21)25-15-17-26(18-16-25)24-13-9-22(10-14-24)20-27-19-4-2/h3-4,9-10,13-14,21,23,25-26H,1-2,5-8,11-12,15-20H2/t21-,23-,25?,26?. The molecule has 0 spiro atoms. The first-order valence-corrected chi connectivity index (χ1v) is 11.2. The molecule has 0 heterocycles. The van der Waals surface area contributed by atoms with E-state index in [9.17, 15) is 0 Å². The van der Waals surface area contributed by atoms with Gasteiger partial charge in [0.15, 0.2) is 0 Å². The third kappa shape index (κ3) is 6.07. The van der Waals surface area contributed by atoms with Gasteiger partial charge in [0.05, 0.1) is 13.2 Å². The number of allylic oxidation sites excluding steroid dienone is 1. The monoisotopic (exact) mass is 366 g/mol. The van der Waals surface area contributed by atoms with E-state index in [1.54, 1.807) is 6.08 Å². The molecule has 2 aliphatic carbocycles. The molecule has 2 fully saturated rings. The lowest BCUT2D eigenvalue weighted by atomic mass is 9.68. The molecule has 0 atom stereocenters. The molecule has 1 nitrogen and oxygen atoms in total. The zero-order valence-electron chi connectivity index (χ0n) is 17.1. The van der Waals surface area contributed by atoms with Gasteiger partial charge in [0, 0.05) is 0 Å². The van der Waals surface area contributed by atoms with E-state index in [-0.39, 0.29) is 0 Å². The third-order valence-corrected chi connectivity index (χ3v) is 7.06. The Balaban J connectivity index is 1.41. The van der Waals surface area contributed by atoms with Crippen molar-refractivity contribution in [1.29, 1.82) is 0 Å². The van der Waals surface area contributed by atoms with Gasteiger partial charge in [-0.2, -0.15) is 0 Å². The predicted molar refractivity (Wildman–Crippen MR) is 116 cm³/mol. The average molecular weight is 367 g/mol. The minimum absolute atomic E-state index is 0.627. The number of hydrogen-bond acceptors (Lipinski definition) is 1.